The number of nitrogens with zero attached hydrogens (tertiary/aromatic N) is 1. The van der Waals surface area contributed by atoms with E-state index >= 15 is 0 Å². The minimum atomic E-state index is 0.726. The van der Waals surface area contributed by atoms with Gasteiger partial charge >= 0.3 is 0 Å². The Morgan fingerprint density at radius 1 is 1.17 bits per heavy atom. The highest BCUT2D eigenvalue weighted by molar-refractivity contribution is 4.86. The third kappa shape index (κ3) is 1.82. The molecule has 0 N–H and O–H groups in total. The van der Waals surface area contributed by atoms with Crippen molar-refractivity contribution in [1.82, 2.24) is 4.90 Å². The van der Waals surface area contributed by atoms with E-state index in [1.165, 1.54) is 13.0 Å². The molecule has 1 aliphatic heterocycles. The molecular weight excluding hydrogens is 146 g/mol. The fourth-order valence-electron chi connectivity index (χ4n) is 2.61. The number of likely N-dealkylation sites (tertiary alicyclic amines) is 1. The van der Waals surface area contributed by atoms with Gasteiger partial charge in [-0.15, -0.1) is 0 Å². The van der Waals surface area contributed by atoms with Crippen LogP contribution in [-0.2, 0) is 0 Å². The molecule has 0 radical (unpaired) electrons. The average molecular weight is 169 g/mol. The second-order valence-electron chi connectivity index (χ2n) is 4.77. The summed E-state index contributed by atoms with van der Waals surface area (Å²) in [5.74, 6) is 1.77. The maximum absolute atomic E-state index is 2.63. The molecular formula is C11H23N. The van der Waals surface area contributed by atoms with Crippen LogP contribution in [0.25, 0.3) is 0 Å². The van der Waals surface area contributed by atoms with E-state index in [4.69, 9.17) is 0 Å². The van der Waals surface area contributed by atoms with Crippen LogP contribution in [0.15, 0.2) is 0 Å². The molecule has 0 aromatic heterocycles. The molecule has 0 amide bonds. The quantitative estimate of drug-likeness (QED) is 0.614. The Bertz CT molecular complexity index is 124. The molecule has 1 rings (SSSR count). The molecule has 1 saturated heterocycles. The van der Waals surface area contributed by atoms with Crippen molar-refractivity contribution in [2.24, 2.45) is 11.8 Å². The Hall–Kier alpha value is -0.0400. The van der Waals surface area contributed by atoms with Gasteiger partial charge in [0, 0.05) is 12.1 Å². The Morgan fingerprint density at radius 2 is 1.75 bits per heavy atom. The number of hydrogen-bond acceptors (Lipinski definition) is 1. The van der Waals surface area contributed by atoms with Gasteiger partial charge in [0.1, 0.15) is 0 Å². The fraction of sp³-hybridized carbons (Fsp3) is 1.00. The lowest BCUT2D eigenvalue weighted by Gasteiger charge is -2.29. The molecule has 1 nitrogen and oxygen atoms in total. The largest absolute Gasteiger partial charge is 0.298 e. The van der Waals surface area contributed by atoms with E-state index in [0.717, 1.165) is 23.9 Å². The van der Waals surface area contributed by atoms with E-state index in [1.807, 2.05) is 0 Å². The van der Waals surface area contributed by atoms with Crippen molar-refractivity contribution >= 4 is 0 Å². The first-order valence-corrected chi connectivity index (χ1v) is 5.29. The Labute approximate surface area is 77.1 Å². The van der Waals surface area contributed by atoms with Crippen LogP contribution in [0.1, 0.15) is 41.0 Å². The molecule has 0 aromatic carbocycles. The minimum absolute atomic E-state index is 0.726. The summed E-state index contributed by atoms with van der Waals surface area (Å²) >= 11 is 0. The summed E-state index contributed by atoms with van der Waals surface area (Å²) in [5, 5.41) is 0. The monoisotopic (exact) mass is 169 g/mol. The maximum Gasteiger partial charge on any atom is 0.0101 e. The maximum atomic E-state index is 2.63. The van der Waals surface area contributed by atoms with Crippen molar-refractivity contribution < 1.29 is 0 Å². The molecule has 2 atom stereocenters. The van der Waals surface area contributed by atoms with Crippen molar-refractivity contribution in [3.05, 3.63) is 0 Å². The van der Waals surface area contributed by atoms with Gasteiger partial charge in [0.15, 0.2) is 0 Å². The van der Waals surface area contributed by atoms with Gasteiger partial charge in [-0.3, -0.25) is 4.90 Å². The lowest BCUT2D eigenvalue weighted by molar-refractivity contribution is 0.179. The van der Waals surface area contributed by atoms with Crippen molar-refractivity contribution in [3.63, 3.8) is 0 Å². The third-order valence-electron chi connectivity index (χ3n) is 3.38. The van der Waals surface area contributed by atoms with Gasteiger partial charge in [0.05, 0.1) is 0 Å². The molecule has 0 bridgehead atoms. The summed E-state index contributed by atoms with van der Waals surface area (Å²) in [6, 6.07) is 1.52. The first-order valence-electron chi connectivity index (χ1n) is 5.29. The normalized spacial score (nSPS) is 32.2. The highest BCUT2D eigenvalue weighted by Gasteiger charge is 2.33. The molecule has 0 spiro atoms. The molecule has 1 fully saturated rings. The fourth-order valence-corrected chi connectivity index (χ4v) is 2.61. The van der Waals surface area contributed by atoms with Gasteiger partial charge in [-0.1, -0.05) is 13.8 Å². The summed E-state index contributed by atoms with van der Waals surface area (Å²) in [4.78, 5) is 2.63. The molecule has 72 valence electrons. The first-order chi connectivity index (χ1) is 5.54. The summed E-state index contributed by atoms with van der Waals surface area (Å²) in [7, 11) is 0. The predicted octanol–water partition coefficient (Wildman–Crippen LogP) is 2.76. The minimum Gasteiger partial charge on any atom is -0.298 e. The van der Waals surface area contributed by atoms with Crippen molar-refractivity contribution in [1.29, 1.82) is 0 Å². The predicted molar refractivity (Wildman–Crippen MR) is 54.2 cm³/mol. The van der Waals surface area contributed by atoms with Crippen LogP contribution in [-0.4, -0.2) is 23.5 Å². The van der Waals surface area contributed by atoms with E-state index in [1.54, 1.807) is 0 Å². The Morgan fingerprint density at radius 3 is 2.00 bits per heavy atom. The first kappa shape index (κ1) is 10.0. The number of hydrogen-bond donors (Lipinski definition) is 0. The summed E-state index contributed by atoms with van der Waals surface area (Å²) in [6.07, 6.45) is 1.40. The Balaban J connectivity index is 2.55. The van der Waals surface area contributed by atoms with Crippen molar-refractivity contribution in [2.45, 2.75) is 53.1 Å². The van der Waals surface area contributed by atoms with Gasteiger partial charge in [-0.05, 0) is 45.6 Å². The summed E-state index contributed by atoms with van der Waals surface area (Å²) < 4.78 is 0. The molecule has 2 unspecified atom stereocenters. The van der Waals surface area contributed by atoms with E-state index in [0.29, 0.717) is 0 Å². The molecule has 1 heterocycles. The van der Waals surface area contributed by atoms with E-state index in [9.17, 15) is 0 Å². The van der Waals surface area contributed by atoms with Crippen LogP contribution < -0.4 is 0 Å². The lowest BCUT2D eigenvalue weighted by atomic mass is 9.89. The average Bonchev–Trinajstić information content (AvgIpc) is 2.30. The molecule has 0 aromatic rings. The van der Waals surface area contributed by atoms with Gasteiger partial charge in [0.25, 0.3) is 0 Å². The molecule has 1 aliphatic rings. The zero-order chi connectivity index (χ0) is 9.30. The third-order valence-corrected chi connectivity index (χ3v) is 3.38. The van der Waals surface area contributed by atoms with Crippen LogP contribution in [0.4, 0.5) is 0 Å². The molecule has 0 aliphatic carbocycles. The van der Waals surface area contributed by atoms with E-state index < -0.39 is 0 Å². The van der Waals surface area contributed by atoms with Gasteiger partial charge in [-0.2, -0.15) is 0 Å². The second kappa shape index (κ2) is 3.78. The molecule has 1 heteroatoms. The van der Waals surface area contributed by atoms with Gasteiger partial charge in [0.2, 0.25) is 0 Å². The molecule has 0 saturated carbocycles. The van der Waals surface area contributed by atoms with Crippen LogP contribution in [0.3, 0.4) is 0 Å². The highest BCUT2D eigenvalue weighted by Crippen LogP contribution is 2.31. The summed E-state index contributed by atoms with van der Waals surface area (Å²) in [5.41, 5.74) is 0. The zero-order valence-electron chi connectivity index (χ0n) is 9.17. The highest BCUT2D eigenvalue weighted by atomic mass is 15.2. The molecule has 12 heavy (non-hydrogen) atoms. The van der Waals surface area contributed by atoms with Crippen LogP contribution >= 0.6 is 0 Å². The van der Waals surface area contributed by atoms with E-state index in [-0.39, 0.29) is 0 Å². The number of rotatable bonds is 2. The van der Waals surface area contributed by atoms with Gasteiger partial charge in [-0.25, -0.2) is 0 Å². The zero-order valence-corrected chi connectivity index (χ0v) is 9.17. The van der Waals surface area contributed by atoms with Crippen LogP contribution in [0.2, 0.25) is 0 Å². The standard InChI is InChI=1S/C11H23N/c1-8(2)11-6-7-12(9(3)4)10(11)5/h8-11H,6-7H2,1-5H3. The summed E-state index contributed by atoms with van der Waals surface area (Å²) in [6.45, 7) is 13.0. The smallest absolute Gasteiger partial charge is 0.0101 e. The van der Waals surface area contributed by atoms with Gasteiger partial charge < -0.3 is 0 Å². The van der Waals surface area contributed by atoms with Crippen LogP contribution in [0, 0.1) is 11.8 Å². The van der Waals surface area contributed by atoms with Crippen molar-refractivity contribution in [3.8, 4) is 0 Å². The van der Waals surface area contributed by atoms with E-state index in [2.05, 4.69) is 39.5 Å². The lowest BCUT2D eigenvalue weighted by Crippen LogP contribution is -2.36. The van der Waals surface area contributed by atoms with Crippen molar-refractivity contribution in [2.75, 3.05) is 6.54 Å². The van der Waals surface area contributed by atoms with Crippen LogP contribution in [0.5, 0.6) is 0 Å². The topological polar surface area (TPSA) is 3.24 Å². The second-order valence-corrected chi connectivity index (χ2v) is 4.77. The Kier molecular flexibility index (Phi) is 3.16. The SMILES string of the molecule is CC(C)C1CCN(C(C)C)C1C.